The zero-order chi connectivity index (χ0) is 13.3. The second-order valence-electron chi connectivity index (χ2n) is 3.59. The number of hydrogen-bond donors (Lipinski definition) is 0. The zero-order valence-corrected chi connectivity index (χ0v) is 11.8. The average Bonchev–Trinajstić information content (AvgIpc) is 2.73. The molecular formula is C12H9BrClFN2O. The van der Waals surface area contributed by atoms with Crippen LogP contribution in [0.2, 0.25) is 5.02 Å². The molecule has 0 amide bonds. The molecule has 94 valence electrons. The van der Waals surface area contributed by atoms with E-state index in [0.717, 1.165) is 0 Å². The van der Waals surface area contributed by atoms with E-state index in [9.17, 15) is 9.18 Å². The van der Waals surface area contributed by atoms with Gasteiger partial charge in [0, 0.05) is 6.54 Å². The number of aromatic nitrogens is 2. The lowest BCUT2D eigenvalue weighted by Gasteiger charge is -2.06. The molecule has 0 unspecified atom stereocenters. The maximum Gasteiger partial charge on any atom is 0.215 e. The molecule has 1 aromatic carbocycles. The average molecular weight is 332 g/mol. The van der Waals surface area contributed by atoms with Crippen LogP contribution in [0.1, 0.15) is 23.0 Å². The number of carbonyl (C=O) groups excluding carboxylic acids is 1. The minimum Gasteiger partial charge on any atom is -0.287 e. The van der Waals surface area contributed by atoms with Gasteiger partial charge < -0.3 is 0 Å². The van der Waals surface area contributed by atoms with E-state index in [1.54, 1.807) is 6.07 Å². The predicted octanol–water partition coefficient (Wildman–Crippen LogP) is 3.69. The number of halogens is 3. The Labute approximate surface area is 117 Å². The van der Waals surface area contributed by atoms with Gasteiger partial charge >= 0.3 is 0 Å². The van der Waals surface area contributed by atoms with Crippen LogP contribution < -0.4 is 0 Å². The van der Waals surface area contributed by atoms with Crippen molar-refractivity contribution in [2.24, 2.45) is 0 Å². The molecular weight excluding hydrogens is 322 g/mol. The molecule has 0 spiro atoms. The lowest BCUT2D eigenvalue weighted by Crippen LogP contribution is -2.12. The minimum absolute atomic E-state index is 0.0570. The summed E-state index contributed by atoms with van der Waals surface area (Å²) in [6.07, 6.45) is 1.51. The highest BCUT2D eigenvalue weighted by Crippen LogP contribution is 2.24. The van der Waals surface area contributed by atoms with E-state index in [4.69, 9.17) is 11.6 Å². The third kappa shape index (κ3) is 2.20. The lowest BCUT2D eigenvalue weighted by molar-refractivity contribution is 0.102. The summed E-state index contributed by atoms with van der Waals surface area (Å²) in [6.45, 7) is 2.37. The summed E-state index contributed by atoms with van der Waals surface area (Å²) in [7, 11) is 0. The fourth-order valence-electron chi connectivity index (χ4n) is 1.63. The van der Waals surface area contributed by atoms with E-state index in [-0.39, 0.29) is 10.6 Å². The van der Waals surface area contributed by atoms with Crippen LogP contribution in [0.3, 0.4) is 0 Å². The van der Waals surface area contributed by atoms with Gasteiger partial charge in [-0.2, -0.15) is 5.10 Å². The van der Waals surface area contributed by atoms with Crippen molar-refractivity contribution in [3.8, 4) is 0 Å². The Morgan fingerprint density at radius 3 is 2.94 bits per heavy atom. The van der Waals surface area contributed by atoms with Crippen molar-refractivity contribution < 1.29 is 9.18 Å². The normalized spacial score (nSPS) is 10.7. The molecule has 0 fully saturated rings. The van der Waals surface area contributed by atoms with E-state index in [1.165, 1.54) is 23.0 Å². The van der Waals surface area contributed by atoms with Crippen LogP contribution in [0.15, 0.2) is 28.9 Å². The Balaban J connectivity index is 2.55. The van der Waals surface area contributed by atoms with Crippen LogP contribution in [-0.2, 0) is 6.54 Å². The largest absolute Gasteiger partial charge is 0.287 e. The highest BCUT2D eigenvalue weighted by atomic mass is 79.9. The van der Waals surface area contributed by atoms with Gasteiger partial charge in [0.1, 0.15) is 5.69 Å². The standard InChI is InChI=1S/C12H9BrClFN2O/c1-2-17-11(8(13)6-16-17)12(18)7-4-3-5-9(14)10(7)15/h3-6H,2H2,1H3. The maximum atomic E-state index is 13.8. The topological polar surface area (TPSA) is 34.9 Å². The zero-order valence-electron chi connectivity index (χ0n) is 9.45. The Hall–Kier alpha value is -1.20. The first-order valence-electron chi connectivity index (χ1n) is 5.26. The fraction of sp³-hybridized carbons (Fsp3) is 0.167. The van der Waals surface area contributed by atoms with E-state index >= 15 is 0 Å². The highest BCUT2D eigenvalue weighted by Gasteiger charge is 2.22. The minimum atomic E-state index is -0.708. The van der Waals surface area contributed by atoms with Gasteiger partial charge in [-0.05, 0) is 35.0 Å². The first-order valence-corrected chi connectivity index (χ1v) is 6.43. The molecule has 0 saturated carbocycles. The molecule has 3 nitrogen and oxygen atoms in total. The summed E-state index contributed by atoms with van der Waals surface area (Å²) in [5.74, 6) is -1.15. The molecule has 6 heteroatoms. The summed E-state index contributed by atoms with van der Waals surface area (Å²) >= 11 is 8.91. The van der Waals surface area contributed by atoms with Crippen LogP contribution in [-0.4, -0.2) is 15.6 Å². The van der Waals surface area contributed by atoms with Crippen molar-refractivity contribution in [1.82, 2.24) is 9.78 Å². The number of rotatable bonds is 3. The first-order chi connectivity index (χ1) is 8.56. The molecule has 0 saturated heterocycles. The Morgan fingerprint density at radius 2 is 2.28 bits per heavy atom. The molecule has 0 bridgehead atoms. The van der Waals surface area contributed by atoms with Crippen molar-refractivity contribution in [2.45, 2.75) is 13.5 Å². The van der Waals surface area contributed by atoms with Crippen LogP contribution in [0.25, 0.3) is 0 Å². The monoisotopic (exact) mass is 330 g/mol. The van der Waals surface area contributed by atoms with Crippen molar-refractivity contribution in [3.63, 3.8) is 0 Å². The third-order valence-electron chi connectivity index (χ3n) is 2.51. The highest BCUT2D eigenvalue weighted by molar-refractivity contribution is 9.10. The quantitative estimate of drug-likeness (QED) is 0.804. The van der Waals surface area contributed by atoms with Gasteiger partial charge in [-0.1, -0.05) is 17.7 Å². The molecule has 0 aliphatic heterocycles. The molecule has 0 N–H and O–H groups in total. The number of aryl methyl sites for hydroxylation is 1. The van der Waals surface area contributed by atoms with E-state index in [0.29, 0.717) is 16.7 Å². The second kappa shape index (κ2) is 5.20. The number of ketones is 1. The lowest BCUT2D eigenvalue weighted by atomic mass is 10.1. The molecule has 0 aliphatic rings. The smallest absolute Gasteiger partial charge is 0.215 e. The Kier molecular flexibility index (Phi) is 3.82. The summed E-state index contributed by atoms with van der Waals surface area (Å²) in [4.78, 5) is 12.3. The summed E-state index contributed by atoms with van der Waals surface area (Å²) in [5, 5.41) is 3.96. The van der Waals surface area contributed by atoms with E-state index in [1.807, 2.05) is 6.92 Å². The Bertz CT molecular complexity index is 612. The summed E-state index contributed by atoms with van der Waals surface area (Å²) in [5.41, 5.74) is 0.261. The molecule has 2 rings (SSSR count). The van der Waals surface area contributed by atoms with Crippen LogP contribution in [0.4, 0.5) is 4.39 Å². The van der Waals surface area contributed by atoms with E-state index in [2.05, 4.69) is 21.0 Å². The van der Waals surface area contributed by atoms with Gasteiger partial charge in [0.2, 0.25) is 5.78 Å². The molecule has 0 atom stereocenters. The van der Waals surface area contributed by atoms with Crippen LogP contribution >= 0.6 is 27.5 Å². The van der Waals surface area contributed by atoms with Crippen molar-refractivity contribution in [1.29, 1.82) is 0 Å². The third-order valence-corrected chi connectivity index (χ3v) is 3.38. The maximum absolute atomic E-state index is 13.8. The molecule has 0 aliphatic carbocycles. The van der Waals surface area contributed by atoms with Crippen molar-refractivity contribution >= 4 is 33.3 Å². The predicted molar refractivity (Wildman–Crippen MR) is 70.4 cm³/mol. The van der Waals surface area contributed by atoms with E-state index < -0.39 is 11.6 Å². The van der Waals surface area contributed by atoms with Gasteiger partial charge in [-0.15, -0.1) is 0 Å². The fourth-order valence-corrected chi connectivity index (χ4v) is 2.29. The number of carbonyl (C=O) groups is 1. The van der Waals surface area contributed by atoms with Gasteiger partial charge in [-0.25, -0.2) is 4.39 Å². The summed E-state index contributed by atoms with van der Waals surface area (Å²) in [6, 6.07) is 4.35. The van der Waals surface area contributed by atoms with Crippen LogP contribution in [0.5, 0.6) is 0 Å². The summed E-state index contributed by atoms with van der Waals surface area (Å²) < 4.78 is 15.9. The Morgan fingerprint density at radius 1 is 1.56 bits per heavy atom. The first kappa shape index (κ1) is 13.2. The SMILES string of the molecule is CCn1ncc(Br)c1C(=O)c1cccc(Cl)c1F. The molecule has 1 heterocycles. The molecule has 2 aromatic rings. The van der Waals surface area contributed by atoms with Gasteiger partial charge in [0.05, 0.1) is 21.3 Å². The molecule has 1 aromatic heterocycles. The van der Waals surface area contributed by atoms with Gasteiger partial charge in [-0.3, -0.25) is 9.48 Å². The second-order valence-corrected chi connectivity index (χ2v) is 4.85. The number of nitrogens with zero attached hydrogens (tertiary/aromatic N) is 2. The molecule has 18 heavy (non-hydrogen) atoms. The van der Waals surface area contributed by atoms with Crippen LogP contribution in [0, 0.1) is 5.82 Å². The van der Waals surface area contributed by atoms with Gasteiger partial charge in [0.25, 0.3) is 0 Å². The number of hydrogen-bond acceptors (Lipinski definition) is 2. The van der Waals surface area contributed by atoms with Crippen molar-refractivity contribution in [3.05, 3.63) is 51.0 Å². The van der Waals surface area contributed by atoms with Crippen molar-refractivity contribution in [2.75, 3.05) is 0 Å². The molecule has 0 radical (unpaired) electrons. The van der Waals surface area contributed by atoms with Gasteiger partial charge in [0.15, 0.2) is 5.82 Å². The number of benzene rings is 1.